The van der Waals surface area contributed by atoms with Crippen LogP contribution in [-0.4, -0.2) is 42.7 Å². The Morgan fingerprint density at radius 1 is 1.08 bits per heavy atom. The van der Waals surface area contributed by atoms with Crippen LogP contribution in [-0.2, 0) is 22.6 Å². The van der Waals surface area contributed by atoms with Gasteiger partial charge in [0.05, 0.1) is 17.7 Å². The zero-order valence-corrected chi connectivity index (χ0v) is 22.2. The highest BCUT2D eigenvalue weighted by molar-refractivity contribution is 6.10. The zero-order valence-electron chi connectivity index (χ0n) is 22.2. The lowest BCUT2D eigenvalue weighted by molar-refractivity contribution is 0.0951. The third kappa shape index (κ3) is 5.56. The van der Waals surface area contributed by atoms with Gasteiger partial charge in [-0.3, -0.25) is 4.79 Å². The van der Waals surface area contributed by atoms with E-state index in [1.54, 1.807) is 7.11 Å². The van der Waals surface area contributed by atoms with E-state index in [0.717, 1.165) is 39.9 Å². The van der Waals surface area contributed by atoms with Gasteiger partial charge >= 0.3 is 0 Å². The molecule has 5 rings (SSSR count). The van der Waals surface area contributed by atoms with Crippen LogP contribution in [0.5, 0.6) is 0 Å². The maximum absolute atomic E-state index is 13.7. The molecule has 1 amide bonds. The minimum atomic E-state index is -0.943. The van der Waals surface area contributed by atoms with E-state index >= 15 is 0 Å². The van der Waals surface area contributed by atoms with Crippen molar-refractivity contribution in [3.05, 3.63) is 106 Å². The smallest absolute Gasteiger partial charge is 0.254 e. The number of ether oxygens (including phenoxy) is 2. The van der Waals surface area contributed by atoms with Crippen LogP contribution in [0.2, 0.25) is 0 Å². The second-order valence-electron chi connectivity index (χ2n) is 10.0. The quantitative estimate of drug-likeness (QED) is 0.296. The summed E-state index contributed by atoms with van der Waals surface area (Å²) in [5.41, 5.74) is 4.75. The average molecular weight is 532 g/mol. The molecule has 0 bridgehead atoms. The van der Waals surface area contributed by atoms with E-state index < -0.39 is 11.6 Å². The van der Waals surface area contributed by atoms with Gasteiger partial charge in [0.2, 0.25) is 5.90 Å². The van der Waals surface area contributed by atoms with Gasteiger partial charge in [0.15, 0.2) is 11.6 Å². The number of nitrogens with one attached hydrogen (secondary N) is 1. The summed E-state index contributed by atoms with van der Waals surface area (Å²) >= 11 is 0. The van der Waals surface area contributed by atoms with Crippen molar-refractivity contribution in [1.29, 1.82) is 0 Å². The molecule has 3 aromatic carbocycles. The molecule has 0 radical (unpaired) electrons. The van der Waals surface area contributed by atoms with Crippen molar-refractivity contribution in [2.24, 2.45) is 4.99 Å². The number of amides is 1. The third-order valence-electron chi connectivity index (χ3n) is 6.82. The highest BCUT2D eigenvalue weighted by atomic mass is 19.2. The van der Waals surface area contributed by atoms with Crippen molar-refractivity contribution in [2.75, 3.05) is 20.3 Å². The Morgan fingerprint density at radius 3 is 2.59 bits per heavy atom. The fraction of sp³-hybridized carbons (Fsp3) is 0.290. The monoisotopic (exact) mass is 531 g/mol. The van der Waals surface area contributed by atoms with Crippen molar-refractivity contribution in [2.45, 2.75) is 38.9 Å². The summed E-state index contributed by atoms with van der Waals surface area (Å²) in [5.74, 6) is -1.55. The summed E-state index contributed by atoms with van der Waals surface area (Å²) in [6, 6.07) is 19.5. The Balaban J connectivity index is 1.58. The van der Waals surface area contributed by atoms with Crippen LogP contribution < -0.4 is 5.32 Å². The lowest BCUT2D eigenvalue weighted by Gasteiger charge is -2.16. The summed E-state index contributed by atoms with van der Waals surface area (Å²) in [7, 11) is 1.64. The number of carbonyl (C=O) groups is 1. The van der Waals surface area contributed by atoms with E-state index in [0.29, 0.717) is 36.8 Å². The Kier molecular flexibility index (Phi) is 7.74. The molecule has 6 nitrogen and oxygen atoms in total. The Hall–Kier alpha value is -4.04. The van der Waals surface area contributed by atoms with Crippen molar-refractivity contribution < 1.29 is 23.0 Å². The van der Waals surface area contributed by atoms with Crippen LogP contribution in [0.1, 0.15) is 52.5 Å². The van der Waals surface area contributed by atoms with Gasteiger partial charge in [-0.05, 0) is 41.3 Å². The van der Waals surface area contributed by atoms with E-state index in [1.807, 2.05) is 36.4 Å². The number of aliphatic imine (C=N–C) groups is 1. The molecule has 0 saturated heterocycles. The molecular formula is C31H31F2N3O3. The largest absolute Gasteiger partial charge is 0.475 e. The first-order valence-corrected chi connectivity index (χ1v) is 13.0. The molecule has 2 heterocycles. The molecule has 4 aromatic rings. The standard InChI is InChI=1S/C31H31F2N3O3/c1-19(2)29-28(30(37)34-15-21-9-12-25(32)26(33)13-21)24-11-10-22(31-35-23(17-38-3)18-39-31)14-27(24)36(29)16-20-7-5-4-6-8-20/h4-14,19,23H,15-18H2,1-3H3,(H,34,37)/t23-/m0/s1. The van der Waals surface area contributed by atoms with Gasteiger partial charge in [-0.1, -0.05) is 56.3 Å². The lowest BCUT2D eigenvalue weighted by atomic mass is 10.0. The maximum atomic E-state index is 13.7. The number of carbonyl (C=O) groups excluding carboxylic acids is 1. The van der Waals surface area contributed by atoms with Gasteiger partial charge < -0.3 is 19.4 Å². The number of aromatic nitrogens is 1. The molecule has 1 aromatic heterocycles. The predicted octanol–water partition coefficient (Wildman–Crippen LogP) is 5.81. The number of fused-ring (bicyclic) bond motifs is 1. The molecule has 0 unspecified atom stereocenters. The van der Waals surface area contributed by atoms with Crippen molar-refractivity contribution in [1.82, 2.24) is 9.88 Å². The van der Waals surface area contributed by atoms with E-state index in [-0.39, 0.29) is 24.4 Å². The summed E-state index contributed by atoms with van der Waals surface area (Å²) in [6.45, 7) is 5.70. The SMILES string of the molecule is COC[C@H]1COC(c2ccc3c(C(=O)NCc4ccc(F)c(F)c4)c(C(C)C)n(Cc4ccccc4)c3c2)=N1. The molecule has 1 aliphatic rings. The summed E-state index contributed by atoms with van der Waals surface area (Å²) in [4.78, 5) is 18.3. The molecule has 0 fully saturated rings. The van der Waals surface area contributed by atoms with Crippen LogP contribution >= 0.6 is 0 Å². The Morgan fingerprint density at radius 2 is 1.87 bits per heavy atom. The van der Waals surface area contributed by atoms with Crippen LogP contribution in [0.15, 0.2) is 71.7 Å². The van der Waals surface area contributed by atoms with Gasteiger partial charge in [0, 0.05) is 36.8 Å². The first kappa shape index (κ1) is 26.6. The highest BCUT2D eigenvalue weighted by Crippen LogP contribution is 2.33. The van der Waals surface area contributed by atoms with Crippen molar-refractivity contribution in [3.8, 4) is 0 Å². The van der Waals surface area contributed by atoms with Crippen LogP contribution in [0, 0.1) is 11.6 Å². The first-order valence-electron chi connectivity index (χ1n) is 13.0. The maximum Gasteiger partial charge on any atom is 0.254 e. The molecule has 202 valence electrons. The number of nitrogens with zero attached hydrogens (tertiary/aromatic N) is 2. The first-order chi connectivity index (χ1) is 18.9. The number of halogens is 2. The number of benzene rings is 3. The molecule has 1 aliphatic heterocycles. The van der Waals surface area contributed by atoms with Crippen LogP contribution in [0.3, 0.4) is 0 Å². The van der Waals surface area contributed by atoms with E-state index in [1.165, 1.54) is 6.07 Å². The van der Waals surface area contributed by atoms with Crippen LogP contribution in [0.25, 0.3) is 10.9 Å². The molecule has 39 heavy (non-hydrogen) atoms. The molecule has 0 saturated carbocycles. The lowest BCUT2D eigenvalue weighted by Crippen LogP contribution is -2.24. The predicted molar refractivity (Wildman–Crippen MR) is 147 cm³/mol. The number of methoxy groups -OCH3 is 1. The van der Waals surface area contributed by atoms with Crippen LogP contribution in [0.4, 0.5) is 8.78 Å². The molecular weight excluding hydrogens is 500 g/mol. The number of hydrogen-bond acceptors (Lipinski definition) is 4. The van der Waals surface area contributed by atoms with E-state index in [4.69, 9.17) is 9.47 Å². The fourth-order valence-corrected chi connectivity index (χ4v) is 5.05. The molecule has 1 N–H and O–H groups in total. The highest BCUT2D eigenvalue weighted by Gasteiger charge is 2.27. The van der Waals surface area contributed by atoms with E-state index in [9.17, 15) is 13.6 Å². The number of hydrogen-bond donors (Lipinski definition) is 1. The average Bonchev–Trinajstić information content (AvgIpc) is 3.52. The number of rotatable bonds is 9. The Labute approximate surface area is 226 Å². The minimum absolute atomic E-state index is 0.0275. The third-order valence-corrected chi connectivity index (χ3v) is 6.82. The Bertz CT molecular complexity index is 1530. The fourth-order valence-electron chi connectivity index (χ4n) is 5.05. The van der Waals surface area contributed by atoms with Crippen molar-refractivity contribution in [3.63, 3.8) is 0 Å². The summed E-state index contributed by atoms with van der Waals surface area (Å²) < 4.78 is 40.4. The second-order valence-corrected chi connectivity index (χ2v) is 10.0. The molecule has 1 atom stereocenters. The molecule has 0 spiro atoms. The van der Waals surface area contributed by atoms with Gasteiger partial charge in [-0.25, -0.2) is 13.8 Å². The molecule has 8 heteroatoms. The van der Waals surface area contributed by atoms with Crippen molar-refractivity contribution >= 4 is 22.7 Å². The minimum Gasteiger partial charge on any atom is -0.475 e. The van der Waals surface area contributed by atoms with Gasteiger partial charge in [0.25, 0.3) is 5.91 Å². The molecule has 0 aliphatic carbocycles. The van der Waals surface area contributed by atoms with Gasteiger partial charge in [0.1, 0.15) is 12.6 Å². The van der Waals surface area contributed by atoms with Gasteiger partial charge in [-0.2, -0.15) is 0 Å². The van der Waals surface area contributed by atoms with Gasteiger partial charge in [-0.15, -0.1) is 0 Å². The topological polar surface area (TPSA) is 64.8 Å². The zero-order chi connectivity index (χ0) is 27.5. The second kappa shape index (κ2) is 11.4. The summed E-state index contributed by atoms with van der Waals surface area (Å²) in [6.07, 6.45) is 0. The normalized spacial score (nSPS) is 15.0. The van der Waals surface area contributed by atoms with E-state index in [2.05, 4.69) is 40.9 Å². The summed E-state index contributed by atoms with van der Waals surface area (Å²) in [5, 5.41) is 3.71.